The van der Waals surface area contributed by atoms with Gasteiger partial charge >= 0.3 is 0 Å². The van der Waals surface area contributed by atoms with E-state index in [1.807, 2.05) is 56.3 Å². The van der Waals surface area contributed by atoms with Crippen molar-refractivity contribution in [3.05, 3.63) is 82.9 Å². The van der Waals surface area contributed by atoms with Gasteiger partial charge in [-0.25, -0.2) is 4.98 Å². The number of fused-ring (bicyclic) bond motifs is 1. The second kappa shape index (κ2) is 7.77. The third-order valence-corrected chi connectivity index (χ3v) is 5.80. The molecule has 0 saturated carbocycles. The normalized spacial score (nSPS) is 11.0. The molecule has 3 aromatic carbocycles. The van der Waals surface area contributed by atoms with Crippen molar-refractivity contribution in [1.82, 2.24) is 15.2 Å². The Morgan fingerprint density at radius 3 is 2.19 bits per heavy atom. The topological polar surface area (TPSA) is 80.9 Å². The Morgan fingerprint density at radius 2 is 1.52 bits per heavy atom. The lowest BCUT2D eigenvalue weighted by atomic mass is 10.1. The van der Waals surface area contributed by atoms with E-state index in [4.69, 9.17) is 4.42 Å². The first-order chi connectivity index (χ1) is 15.0. The zero-order valence-electron chi connectivity index (χ0n) is 16.9. The second-order valence-electron chi connectivity index (χ2n) is 7.23. The fourth-order valence-electron chi connectivity index (χ4n) is 3.24. The number of anilines is 1. The molecule has 0 saturated heterocycles. The maximum Gasteiger partial charge on any atom is 0.255 e. The molecule has 1 amide bonds. The van der Waals surface area contributed by atoms with Crippen molar-refractivity contribution < 1.29 is 9.21 Å². The molecular weight excluding hydrogens is 408 g/mol. The Bertz CT molecular complexity index is 1390. The molecule has 2 aromatic heterocycles. The molecule has 0 aliphatic rings. The summed E-state index contributed by atoms with van der Waals surface area (Å²) in [5.41, 5.74) is 5.01. The van der Waals surface area contributed by atoms with Crippen LogP contribution in [0.2, 0.25) is 0 Å². The second-order valence-corrected chi connectivity index (χ2v) is 8.46. The van der Waals surface area contributed by atoms with Crippen LogP contribution in [-0.2, 0) is 0 Å². The van der Waals surface area contributed by atoms with Crippen molar-refractivity contribution in [3.8, 4) is 22.9 Å². The Kier molecular flexibility index (Phi) is 4.80. The number of benzene rings is 3. The molecule has 31 heavy (non-hydrogen) atoms. The zero-order chi connectivity index (χ0) is 21.4. The molecule has 5 aromatic rings. The molecule has 0 fully saturated rings. The number of rotatable bonds is 4. The van der Waals surface area contributed by atoms with E-state index in [0.29, 0.717) is 17.3 Å². The number of aryl methyl sites for hydroxylation is 2. The van der Waals surface area contributed by atoms with Gasteiger partial charge in [-0.2, -0.15) is 0 Å². The van der Waals surface area contributed by atoms with Gasteiger partial charge in [-0.1, -0.05) is 17.7 Å². The van der Waals surface area contributed by atoms with Crippen LogP contribution in [0.4, 0.5) is 5.69 Å². The van der Waals surface area contributed by atoms with E-state index in [0.717, 1.165) is 32.0 Å². The van der Waals surface area contributed by atoms with Crippen molar-refractivity contribution >= 4 is 33.1 Å². The van der Waals surface area contributed by atoms with Crippen molar-refractivity contribution in [1.29, 1.82) is 0 Å². The van der Waals surface area contributed by atoms with Gasteiger partial charge in [-0.3, -0.25) is 4.79 Å². The van der Waals surface area contributed by atoms with Crippen LogP contribution in [0, 0.1) is 13.8 Å². The monoisotopic (exact) mass is 426 g/mol. The van der Waals surface area contributed by atoms with E-state index in [1.165, 1.54) is 5.56 Å². The Labute approximate surface area is 182 Å². The van der Waals surface area contributed by atoms with E-state index in [2.05, 4.69) is 20.5 Å². The standard InChI is InChI=1S/C24H18N4O2S/c1-14-3-5-17(6-4-14)23-27-28-24(30-23)18-9-7-16(8-10-18)22(29)26-19-11-12-20-21(13-19)31-15(2)25-20/h3-13H,1-2H3,(H,26,29). The molecule has 1 N–H and O–H groups in total. The molecule has 0 radical (unpaired) electrons. The summed E-state index contributed by atoms with van der Waals surface area (Å²) in [6.07, 6.45) is 0. The van der Waals surface area contributed by atoms with Crippen LogP contribution in [-0.4, -0.2) is 21.1 Å². The SMILES string of the molecule is Cc1ccc(-c2nnc(-c3ccc(C(=O)Nc4ccc5nc(C)sc5c4)cc3)o2)cc1. The van der Waals surface area contributed by atoms with E-state index < -0.39 is 0 Å². The quantitative estimate of drug-likeness (QED) is 0.388. The molecule has 0 unspecified atom stereocenters. The maximum atomic E-state index is 12.6. The summed E-state index contributed by atoms with van der Waals surface area (Å²) in [6.45, 7) is 4.00. The molecule has 0 spiro atoms. The van der Waals surface area contributed by atoms with Crippen LogP contribution >= 0.6 is 11.3 Å². The first-order valence-corrected chi connectivity index (χ1v) is 10.6. The first kappa shape index (κ1) is 19.1. The van der Waals surface area contributed by atoms with Gasteiger partial charge in [-0.05, 0) is 68.4 Å². The van der Waals surface area contributed by atoms with Gasteiger partial charge in [0, 0.05) is 22.4 Å². The largest absolute Gasteiger partial charge is 0.416 e. The summed E-state index contributed by atoms with van der Waals surface area (Å²) in [5, 5.41) is 12.2. The third-order valence-electron chi connectivity index (χ3n) is 4.87. The lowest BCUT2D eigenvalue weighted by Gasteiger charge is -2.05. The number of amides is 1. The summed E-state index contributed by atoms with van der Waals surface area (Å²) in [7, 11) is 0. The summed E-state index contributed by atoms with van der Waals surface area (Å²) >= 11 is 1.60. The van der Waals surface area contributed by atoms with Crippen LogP contribution in [0.1, 0.15) is 20.9 Å². The van der Waals surface area contributed by atoms with Crippen LogP contribution < -0.4 is 5.32 Å². The Hall–Kier alpha value is -3.84. The van der Waals surface area contributed by atoms with E-state index in [9.17, 15) is 4.79 Å². The molecule has 7 heteroatoms. The minimum Gasteiger partial charge on any atom is -0.416 e. The molecule has 2 heterocycles. The number of carbonyl (C=O) groups is 1. The highest BCUT2D eigenvalue weighted by Crippen LogP contribution is 2.26. The molecule has 5 rings (SSSR count). The summed E-state index contributed by atoms with van der Waals surface area (Å²) in [4.78, 5) is 17.1. The Morgan fingerprint density at radius 1 is 0.871 bits per heavy atom. The van der Waals surface area contributed by atoms with Crippen molar-refractivity contribution in [2.75, 3.05) is 5.32 Å². The highest BCUT2D eigenvalue weighted by Gasteiger charge is 2.12. The number of nitrogens with one attached hydrogen (secondary N) is 1. The highest BCUT2D eigenvalue weighted by atomic mass is 32.1. The Balaban J connectivity index is 1.32. The van der Waals surface area contributed by atoms with Gasteiger partial charge < -0.3 is 9.73 Å². The maximum absolute atomic E-state index is 12.6. The number of aromatic nitrogens is 3. The molecular formula is C24H18N4O2S. The van der Waals surface area contributed by atoms with Gasteiger partial charge in [0.1, 0.15) is 0 Å². The number of hydrogen-bond acceptors (Lipinski definition) is 6. The van der Waals surface area contributed by atoms with Gasteiger partial charge in [0.15, 0.2) is 0 Å². The average Bonchev–Trinajstić information content (AvgIpc) is 3.40. The lowest BCUT2D eigenvalue weighted by molar-refractivity contribution is 0.102. The van der Waals surface area contributed by atoms with Crippen LogP contribution in [0.25, 0.3) is 33.1 Å². The summed E-state index contributed by atoms with van der Waals surface area (Å²) in [5.74, 6) is 0.692. The van der Waals surface area contributed by atoms with Crippen LogP contribution in [0.3, 0.4) is 0 Å². The molecule has 0 bridgehead atoms. The number of hydrogen-bond donors (Lipinski definition) is 1. The van der Waals surface area contributed by atoms with Gasteiger partial charge in [-0.15, -0.1) is 21.5 Å². The number of thiazole rings is 1. The number of carbonyl (C=O) groups excluding carboxylic acids is 1. The smallest absolute Gasteiger partial charge is 0.255 e. The predicted octanol–water partition coefficient (Wildman–Crippen LogP) is 5.88. The summed E-state index contributed by atoms with van der Waals surface area (Å²) in [6, 6.07) is 20.7. The number of nitrogens with zero attached hydrogens (tertiary/aromatic N) is 3. The van der Waals surface area contributed by atoms with Crippen molar-refractivity contribution in [2.45, 2.75) is 13.8 Å². The van der Waals surface area contributed by atoms with Crippen molar-refractivity contribution in [2.24, 2.45) is 0 Å². The molecule has 0 aliphatic heterocycles. The molecule has 0 atom stereocenters. The highest BCUT2D eigenvalue weighted by molar-refractivity contribution is 7.18. The van der Waals surface area contributed by atoms with E-state index >= 15 is 0 Å². The predicted molar refractivity (Wildman–Crippen MR) is 122 cm³/mol. The van der Waals surface area contributed by atoms with Crippen LogP contribution in [0.5, 0.6) is 0 Å². The van der Waals surface area contributed by atoms with E-state index in [-0.39, 0.29) is 5.91 Å². The van der Waals surface area contributed by atoms with Crippen LogP contribution in [0.15, 0.2) is 71.1 Å². The van der Waals surface area contributed by atoms with Crippen molar-refractivity contribution in [3.63, 3.8) is 0 Å². The minimum atomic E-state index is -0.182. The van der Waals surface area contributed by atoms with E-state index in [1.54, 1.807) is 35.6 Å². The molecule has 0 aliphatic carbocycles. The summed E-state index contributed by atoms with van der Waals surface area (Å²) < 4.78 is 6.85. The van der Waals surface area contributed by atoms with Gasteiger partial charge in [0.05, 0.1) is 15.2 Å². The van der Waals surface area contributed by atoms with Gasteiger partial charge in [0.2, 0.25) is 11.8 Å². The minimum absolute atomic E-state index is 0.182. The average molecular weight is 427 g/mol. The molecule has 6 nitrogen and oxygen atoms in total. The molecule has 152 valence electrons. The zero-order valence-corrected chi connectivity index (χ0v) is 17.7. The van der Waals surface area contributed by atoms with Gasteiger partial charge in [0.25, 0.3) is 5.91 Å². The fourth-order valence-corrected chi connectivity index (χ4v) is 4.10. The fraction of sp³-hybridized carbons (Fsp3) is 0.0833. The first-order valence-electron chi connectivity index (χ1n) is 9.75. The third kappa shape index (κ3) is 3.95. The lowest BCUT2D eigenvalue weighted by Crippen LogP contribution is -2.11.